The molecule has 2 aromatic heterocycles. The van der Waals surface area contributed by atoms with Crippen LogP contribution in [0, 0.1) is 13.8 Å². The lowest BCUT2D eigenvalue weighted by atomic mass is 10.1. The molecule has 0 aliphatic rings. The molecule has 0 spiro atoms. The molecule has 0 aliphatic heterocycles. The van der Waals surface area contributed by atoms with Gasteiger partial charge in [-0.15, -0.1) is 0 Å². The molecule has 1 aromatic carbocycles. The van der Waals surface area contributed by atoms with Crippen molar-refractivity contribution < 1.29 is 0 Å². The molecule has 0 bridgehead atoms. The minimum Gasteiger partial charge on any atom is -0.341 e. The maximum atomic E-state index is 4.71. The first-order valence-corrected chi connectivity index (χ1v) is 8.20. The van der Waals surface area contributed by atoms with Gasteiger partial charge in [0, 0.05) is 31.2 Å². The van der Waals surface area contributed by atoms with E-state index >= 15 is 0 Å². The largest absolute Gasteiger partial charge is 0.341 e. The van der Waals surface area contributed by atoms with Gasteiger partial charge in [0.25, 0.3) is 0 Å². The van der Waals surface area contributed by atoms with Crippen LogP contribution in [0.15, 0.2) is 30.6 Å². The van der Waals surface area contributed by atoms with Crippen molar-refractivity contribution in [2.45, 2.75) is 27.7 Å². The summed E-state index contributed by atoms with van der Waals surface area (Å²) in [6.45, 7) is 10.00. The highest BCUT2D eigenvalue weighted by molar-refractivity contribution is 5.86. The van der Waals surface area contributed by atoms with Gasteiger partial charge in [-0.25, -0.2) is 9.97 Å². The number of nitrogens with zero attached hydrogens (tertiary/aromatic N) is 5. The van der Waals surface area contributed by atoms with Crippen LogP contribution in [0.2, 0.25) is 0 Å². The molecule has 0 aliphatic carbocycles. The number of anilines is 3. The molecule has 3 aromatic rings. The van der Waals surface area contributed by atoms with E-state index in [1.165, 1.54) is 5.56 Å². The smallest absolute Gasteiger partial charge is 0.229 e. The molecule has 3 rings (SSSR count). The van der Waals surface area contributed by atoms with Crippen molar-refractivity contribution in [3.05, 3.63) is 41.7 Å². The molecule has 24 heavy (non-hydrogen) atoms. The summed E-state index contributed by atoms with van der Waals surface area (Å²) < 4.78 is 0. The van der Waals surface area contributed by atoms with Crippen LogP contribution < -0.4 is 10.2 Å². The first kappa shape index (κ1) is 16.1. The van der Waals surface area contributed by atoms with Crippen LogP contribution in [0.25, 0.3) is 11.2 Å². The molecular weight excluding hydrogens is 300 g/mol. The lowest BCUT2D eigenvalue weighted by Crippen LogP contribution is -2.24. The quantitative estimate of drug-likeness (QED) is 0.774. The van der Waals surface area contributed by atoms with Gasteiger partial charge in [-0.2, -0.15) is 9.97 Å². The number of rotatable bonds is 5. The zero-order valence-electron chi connectivity index (χ0n) is 14.5. The van der Waals surface area contributed by atoms with E-state index in [9.17, 15) is 0 Å². The zero-order valence-corrected chi connectivity index (χ0v) is 14.5. The first-order valence-electron chi connectivity index (χ1n) is 8.20. The van der Waals surface area contributed by atoms with Crippen molar-refractivity contribution >= 4 is 28.6 Å². The van der Waals surface area contributed by atoms with Crippen molar-refractivity contribution in [3.63, 3.8) is 0 Å². The Hall–Kier alpha value is -2.76. The topological polar surface area (TPSA) is 66.8 Å². The Kier molecular flexibility index (Phi) is 4.55. The molecule has 2 heterocycles. The van der Waals surface area contributed by atoms with Crippen LogP contribution in [0.4, 0.5) is 17.5 Å². The first-order chi connectivity index (χ1) is 11.6. The number of aryl methyl sites for hydroxylation is 2. The van der Waals surface area contributed by atoms with Crippen LogP contribution in [0.5, 0.6) is 0 Å². The lowest BCUT2D eigenvalue weighted by Gasteiger charge is -2.20. The molecule has 0 saturated carbocycles. The average molecular weight is 322 g/mol. The molecule has 6 heteroatoms. The fourth-order valence-corrected chi connectivity index (χ4v) is 2.59. The van der Waals surface area contributed by atoms with E-state index in [0.717, 1.165) is 24.3 Å². The second-order valence-electron chi connectivity index (χ2n) is 5.72. The van der Waals surface area contributed by atoms with Gasteiger partial charge in [0.2, 0.25) is 5.95 Å². The van der Waals surface area contributed by atoms with Gasteiger partial charge in [0.1, 0.15) is 0 Å². The Morgan fingerprint density at radius 2 is 1.75 bits per heavy atom. The monoisotopic (exact) mass is 322 g/mol. The number of hydrogen-bond donors (Lipinski definition) is 1. The SMILES string of the molecule is CCN(CC)c1nc(Nc2cc(C)ccc2C)c2nccnc2n1. The summed E-state index contributed by atoms with van der Waals surface area (Å²) in [6, 6.07) is 6.30. The van der Waals surface area contributed by atoms with Crippen molar-refractivity contribution in [2.24, 2.45) is 0 Å². The minimum atomic E-state index is 0.599. The summed E-state index contributed by atoms with van der Waals surface area (Å²) in [4.78, 5) is 20.1. The number of hydrogen-bond acceptors (Lipinski definition) is 6. The van der Waals surface area contributed by atoms with E-state index in [2.05, 4.69) is 71.1 Å². The molecule has 124 valence electrons. The van der Waals surface area contributed by atoms with Crippen LogP contribution in [0.1, 0.15) is 25.0 Å². The molecule has 0 fully saturated rings. The summed E-state index contributed by atoms with van der Waals surface area (Å²) in [5, 5.41) is 3.42. The molecule has 1 N–H and O–H groups in total. The van der Waals surface area contributed by atoms with Crippen molar-refractivity contribution in [2.75, 3.05) is 23.3 Å². The van der Waals surface area contributed by atoms with Gasteiger partial charge in [-0.3, -0.25) is 0 Å². The van der Waals surface area contributed by atoms with Gasteiger partial charge in [-0.05, 0) is 44.9 Å². The lowest BCUT2D eigenvalue weighted by molar-refractivity contribution is 0.825. The minimum absolute atomic E-state index is 0.599. The van der Waals surface area contributed by atoms with Crippen molar-refractivity contribution in [1.29, 1.82) is 0 Å². The van der Waals surface area contributed by atoms with Gasteiger partial charge in [0.05, 0.1) is 0 Å². The zero-order chi connectivity index (χ0) is 17.1. The predicted molar refractivity (Wildman–Crippen MR) is 97.9 cm³/mol. The standard InChI is InChI=1S/C18H22N6/c1-5-24(6-2)18-22-16-15(19-9-10-20-16)17(23-18)21-14-11-12(3)7-8-13(14)4/h7-11H,5-6H2,1-4H3,(H,20,21,22,23). The Labute approximate surface area is 142 Å². The van der Waals surface area contributed by atoms with Gasteiger partial charge in [-0.1, -0.05) is 12.1 Å². The molecule has 0 atom stereocenters. The van der Waals surface area contributed by atoms with Crippen LogP contribution >= 0.6 is 0 Å². The second kappa shape index (κ2) is 6.78. The van der Waals surface area contributed by atoms with E-state index < -0.39 is 0 Å². The molecule has 0 radical (unpaired) electrons. The van der Waals surface area contributed by atoms with E-state index in [4.69, 9.17) is 4.98 Å². The van der Waals surface area contributed by atoms with E-state index in [1.54, 1.807) is 12.4 Å². The summed E-state index contributed by atoms with van der Waals surface area (Å²) in [5.41, 5.74) is 4.64. The van der Waals surface area contributed by atoms with Crippen molar-refractivity contribution in [3.8, 4) is 0 Å². The van der Waals surface area contributed by atoms with E-state index in [-0.39, 0.29) is 0 Å². The molecule has 0 unspecified atom stereocenters. The molecule has 6 nitrogen and oxygen atoms in total. The number of nitrogens with one attached hydrogen (secondary N) is 1. The van der Waals surface area contributed by atoms with E-state index in [1.807, 2.05) is 0 Å². The molecular formula is C18H22N6. The van der Waals surface area contributed by atoms with Gasteiger partial charge in [0.15, 0.2) is 17.0 Å². The number of fused-ring (bicyclic) bond motifs is 1. The highest BCUT2D eigenvalue weighted by Crippen LogP contribution is 2.26. The van der Waals surface area contributed by atoms with Crippen LogP contribution in [0.3, 0.4) is 0 Å². The third-order valence-electron chi connectivity index (χ3n) is 4.01. The Morgan fingerprint density at radius 3 is 2.50 bits per heavy atom. The summed E-state index contributed by atoms with van der Waals surface area (Å²) in [5.74, 6) is 1.35. The third kappa shape index (κ3) is 3.13. The van der Waals surface area contributed by atoms with Gasteiger partial charge < -0.3 is 10.2 Å². The van der Waals surface area contributed by atoms with Crippen LogP contribution in [-0.2, 0) is 0 Å². The second-order valence-corrected chi connectivity index (χ2v) is 5.72. The Bertz CT molecular complexity index is 857. The normalized spacial score (nSPS) is 10.8. The number of benzene rings is 1. The Balaban J connectivity index is 2.13. The summed E-state index contributed by atoms with van der Waals surface area (Å²) in [7, 11) is 0. The average Bonchev–Trinajstić information content (AvgIpc) is 2.59. The third-order valence-corrected chi connectivity index (χ3v) is 4.01. The van der Waals surface area contributed by atoms with Gasteiger partial charge >= 0.3 is 0 Å². The Morgan fingerprint density at radius 1 is 1.00 bits per heavy atom. The molecule has 0 saturated heterocycles. The van der Waals surface area contributed by atoms with Crippen LogP contribution in [-0.4, -0.2) is 33.0 Å². The van der Waals surface area contributed by atoms with Crippen molar-refractivity contribution in [1.82, 2.24) is 19.9 Å². The summed E-state index contributed by atoms with van der Waals surface area (Å²) in [6.07, 6.45) is 3.32. The number of aromatic nitrogens is 4. The van der Waals surface area contributed by atoms with E-state index in [0.29, 0.717) is 22.9 Å². The maximum absolute atomic E-state index is 4.71. The predicted octanol–water partition coefficient (Wildman–Crippen LogP) is 3.63. The summed E-state index contributed by atoms with van der Waals surface area (Å²) >= 11 is 0. The molecule has 0 amide bonds. The fraction of sp³-hybridized carbons (Fsp3) is 0.333. The highest BCUT2D eigenvalue weighted by Gasteiger charge is 2.14. The maximum Gasteiger partial charge on any atom is 0.229 e. The fourth-order valence-electron chi connectivity index (χ4n) is 2.59. The highest BCUT2D eigenvalue weighted by atomic mass is 15.3.